The van der Waals surface area contributed by atoms with Crippen LogP contribution in [0.15, 0.2) is 55.1 Å². The molecular weight excluding hydrogens is 260 g/mol. The minimum Gasteiger partial charge on any atom is -0.329 e. The van der Waals surface area contributed by atoms with Crippen LogP contribution in [0.4, 0.5) is 0 Å². The average Bonchev–Trinajstić information content (AvgIpc) is 3.16. The second kappa shape index (κ2) is 5.95. The van der Waals surface area contributed by atoms with Crippen molar-refractivity contribution in [1.29, 1.82) is 0 Å². The third kappa shape index (κ3) is 3.05. The fourth-order valence-corrected chi connectivity index (χ4v) is 2.41. The molecular formula is C17H20N4. The Labute approximate surface area is 125 Å². The van der Waals surface area contributed by atoms with Crippen molar-refractivity contribution in [2.24, 2.45) is 0 Å². The number of aromatic nitrogens is 4. The average molecular weight is 280 g/mol. The van der Waals surface area contributed by atoms with E-state index >= 15 is 0 Å². The molecule has 0 spiro atoms. The van der Waals surface area contributed by atoms with Gasteiger partial charge < -0.3 is 4.57 Å². The van der Waals surface area contributed by atoms with E-state index in [-0.39, 0.29) is 0 Å². The second-order valence-corrected chi connectivity index (χ2v) is 5.49. The van der Waals surface area contributed by atoms with Crippen LogP contribution < -0.4 is 0 Å². The van der Waals surface area contributed by atoms with Gasteiger partial charge in [0.05, 0.1) is 6.54 Å². The van der Waals surface area contributed by atoms with Crippen molar-refractivity contribution in [1.82, 2.24) is 19.3 Å². The molecule has 0 N–H and O–H groups in total. The van der Waals surface area contributed by atoms with E-state index < -0.39 is 0 Å². The number of rotatable bonds is 5. The molecule has 2 aromatic heterocycles. The summed E-state index contributed by atoms with van der Waals surface area (Å²) in [6.45, 7) is 6.13. The van der Waals surface area contributed by atoms with E-state index in [0.29, 0.717) is 5.92 Å². The number of imidazole rings is 1. The minimum atomic E-state index is 0.554. The zero-order chi connectivity index (χ0) is 14.7. The molecule has 0 aliphatic rings. The zero-order valence-electron chi connectivity index (χ0n) is 12.5. The van der Waals surface area contributed by atoms with Gasteiger partial charge in [0.1, 0.15) is 5.82 Å². The number of hydrogen-bond donors (Lipinski definition) is 0. The normalized spacial score (nSPS) is 11.2. The third-order valence-electron chi connectivity index (χ3n) is 3.68. The molecule has 4 heteroatoms. The third-order valence-corrected chi connectivity index (χ3v) is 3.68. The molecule has 0 bridgehead atoms. The monoisotopic (exact) mass is 280 g/mol. The molecule has 108 valence electrons. The second-order valence-electron chi connectivity index (χ2n) is 5.49. The van der Waals surface area contributed by atoms with E-state index in [2.05, 4.69) is 52.8 Å². The first kappa shape index (κ1) is 13.6. The van der Waals surface area contributed by atoms with E-state index in [4.69, 9.17) is 0 Å². The maximum absolute atomic E-state index is 4.49. The summed E-state index contributed by atoms with van der Waals surface area (Å²) in [5.74, 6) is 1.57. The summed E-state index contributed by atoms with van der Waals surface area (Å²) in [5, 5.41) is 4.23. The minimum absolute atomic E-state index is 0.554. The molecule has 3 aromatic rings. The van der Waals surface area contributed by atoms with E-state index in [1.807, 2.05) is 29.3 Å². The molecule has 0 atom stereocenters. The Morgan fingerprint density at radius 2 is 1.81 bits per heavy atom. The Morgan fingerprint density at radius 1 is 1.00 bits per heavy atom. The SMILES string of the molecule is CC(C)c1ccc(-c2nccn2CCn2cccn2)cc1. The van der Waals surface area contributed by atoms with Crippen LogP contribution in [0.25, 0.3) is 11.4 Å². The maximum Gasteiger partial charge on any atom is 0.139 e. The topological polar surface area (TPSA) is 35.6 Å². The predicted molar refractivity (Wildman–Crippen MR) is 84.0 cm³/mol. The maximum atomic E-state index is 4.49. The van der Waals surface area contributed by atoms with E-state index in [1.165, 1.54) is 5.56 Å². The first-order chi connectivity index (χ1) is 10.2. The smallest absolute Gasteiger partial charge is 0.139 e. The Bertz CT molecular complexity index is 678. The van der Waals surface area contributed by atoms with Gasteiger partial charge in [-0.1, -0.05) is 38.1 Å². The Morgan fingerprint density at radius 3 is 2.48 bits per heavy atom. The molecule has 0 aliphatic carbocycles. The van der Waals surface area contributed by atoms with Gasteiger partial charge in [0.15, 0.2) is 0 Å². The Hall–Kier alpha value is -2.36. The van der Waals surface area contributed by atoms with E-state index in [1.54, 1.807) is 6.20 Å². The molecule has 0 fully saturated rings. The van der Waals surface area contributed by atoms with Crippen LogP contribution in [0.2, 0.25) is 0 Å². The lowest BCUT2D eigenvalue weighted by molar-refractivity contribution is 0.536. The standard InChI is InChI=1S/C17H20N4/c1-14(2)15-4-6-16(7-5-15)17-18-9-11-20(17)12-13-21-10-3-8-19-21/h3-11,14H,12-13H2,1-2H3. The van der Waals surface area contributed by atoms with Crippen LogP contribution in [0.1, 0.15) is 25.3 Å². The molecule has 21 heavy (non-hydrogen) atoms. The summed E-state index contributed by atoms with van der Waals surface area (Å²) in [5.41, 5.74) is 2.51. The molecule has 1 aromatic carbocycles. The van der Waals surface area contributed by atoms with E-state index in [9.17, 15) is 0 Å². The lowest BCUT2D eigenvalue weighted by Gasteiger charge is -2.10. The van der Waals surface area contributed by atoms with Gasteiger partial charge in [-0.25, -0.2) is 4.98 Å². The van der Waals surface area contributed by atoms with E-state index in [0.717, 1.165) is 24.5 Å². The van der Waals surface area contributed by atoms with Gasteiger partial charge in [0.2, 0.25) is 0 Å². The van der Waals surface area contributed by atoms with Gasteiger partial charge in [-0.2, -0.15) is 5.10 Å². The molecule has 3 rings (SSSR count). The van der Waals surface area contributed by atoms with Gasteiger partial charge in [-0.3, -0.25) is 4.68 Å². The highest BCUT2D eigenvalue weighted by atomic mass is 15.3. The van der Waals surface area contributed by atoms with Crippen molar-refractivity contribution in [3.05, 3.63) is 60.7 Å². The Kier molecular flexibility index (Phi) is 3.86. The summed E-state index contributed by atoms with van der Waals surface area (Å²) in [6.07, 6.45) is 7.66. The number of benzene rings is 1. The van der Waals surface area contributed by atoms with Gasteiger partial charge >= 0.3 is 0 Å². The van der Waals surface area contributed by atoms with Crippen molar-refractivity contribution < 1.29 is 0 Å². The van der Waals surface area contributed by atoms with Crippen LogP contribution in [0.5, 0.6) is 0 Å². The van der Waals surface area contributed by atoms with Crippen molar-refractivity contribution in [3.63, 3.8) is 0 Å². The van der Waals surface area contributed by atoms with Crippen LogP contribution in [-0.4, -0.2) is 19.3 Å². The molecule has 0 saturated carbocycles. The quantitative estimate of drug-likeness (QED) is 0.716. The molecule has 0 saturated heterocycles. The van der Waals surface area contributed by atoms with Crippen LogP contribution in [0.3, 0.4) is 0 Å². The lowest BCUT2D eigenvalue weighted by atomic mass is 10.0. The highest BCUT2D eigenvalue weighted by Crippen LogP contribution is 2.21. The molecule has 0 radical (unpaired) electrons. The summed E-state index contributed by atoms with van der Waals surface area (Å²) >= 11 is 0. The zero-order valence-corrected chi connectivity index (χ0v) is 12.5. The summed E-state index contributed by atoms with van der Waals surface area (Å²) in [4.78, 5) is 4.49. The first-order valence-electron chi connectivity index (χ1n) is 7.33. The molecule has 2 heterocycles. The van der Waals surface area contributed by atoms with Crippen LogP contribution >= 0.6 is 0 Å². The summed E-state index contributed by atoms with van der Waals surface area (Å²) in [6, 6.07) is 10.6. The first-order valence-corrected chi connectivity index (χ1v) is 7.33. The number of hydrogen-bond acceptors (Lipinski definition) is 2. The van der Waals surface area contributed by atoms with Crippen LogP contribution in [-0.2, 0) is 13.1 Å². The number of aryl methyl sites for hydroxylation is 2. The summed E-state index contributed by atoms with van der Waals surface area (Å²) in [7, 11) is 0. The van der Waals surface area contributed by atoms with Gasteiger partial charge in [-0.15, -0.1) is 0 Å². The fraction of sp³-hybridized carbons (Fsp3) is 0.294. The van der Waals surface area contributed by atoms with Gasteiger partial charge in [-0.05, 0) is 17.5 Å². The summed E-state index contributed by atoms with van der Waals surface area (Å²) < 4.78 is 4.11. The van der Waals surface area contributed by atoms with Crippen molar-refractivity contribution in [3.8, 4) is 11.4 Å². The van der Waals surface area contributed by atoms with Crippen molar-refractivity contribution in [2.75, 3.05) is 0 Å². The molecule has 0 amide bonds. The highest BCUT2D eigenvalue weighted by molar-refractivity contribution is 5.56. The largest absolute Gasteiger partial charge is 0.329 e. The molecule has 4 nitrogen and oxygen atoms in total. The molecule has 0 unspecified atom stereocenters. The Balaban J connectivity index is 1.78. The number of nitrogens with zero attached hydrogens (tertiary/aromatic N) is 4. The van der Waals surface area contributed by atoms with Crippen molar-refractivity contribution >= 4 is 0 Å². The van der Waals surface area contributed by atoms with Crippen LogP contribution in [0, 0.1) is 0 Å². The fourth-order valence-electron chi connectivity index (χ4n) is 2.41. The predicted octanol–water partition coefficient (Wildman–Crippen LogP) is 3.57. The molecule has 0 aliphatic heterocycles. The van der Waals surface area contributed by atoms with Gasteiger partial charge in [0.25, 0.3) is 0 Å². The van der Waals surface area contributed by atoms with Gasteiger partial charge in [0, 0.05) is 36.9 Å². The van der Waals surface area contributed by atoms with Crippen molar-refractivity contribution in [2.45, 2.75) is 32.9 Å². The lowest BCUT2D eigenvalue weighted by Crippen LogP contribution is -2.08. The highest BCUT2D eigenvalue weighted by Gasteiger charge is 2.07.